The van der Waals surface area contributed by atoms with E-state index in [0.717, 1.165) is 38.1 Å². The maximum Gasteiger partial charge on any atom is 0.236 e. The SMILES string of the molecule is COc1ccc(CC2CCN(CC(=O)N(C)Cc3ccccc3F)CC2)cc1. The van der Waals surface area contributed by atoms with Crippen LogP contribution in [0, 0.1) is 11.7 Å². The van der Waals surface area contributed by atoms with E-state index in [9.17, 15) is 9.18 Å². The molecular formula is C23H29FN2O2. The smallest absolute Gasteiger partial charge is 0.236 e. The molecule has 0 atom stereocenters. The average Bonchev–Trinajstić information content (AvgIpc) is 2.71. The van der Waals surface area contributed by atoms with Gasteiger partial charge in [-0.1, -0.05) is 30.3 Å². The van der Waals surface area contributed by atoms with Crippen LogP contribution in [-0.4, -0.2) is 49.5 Å². The van der Waals surface area contributed by atoms with Crippen LogP contribution in [0.3, 0.4) is 0 Å². The third-order valence-corrected chi connectivity index (χ3v) is 5.54. The fourth-order valence-corrected chi connectivity index (χ4v) is 3.73. The third kappa shape index (κ3) is 5.55. The first-order valence-electron chi connectivity index (χ1n) is 9.88. The van der Waals surface area contributed by atoms with Crippen LogP contribution in [-0.2, 0) is 17.8 Å². The van der Waals surface area contributed by atoms with Crippen LogP contribution in [0.2, 0.25) is 0 Å². The summed E-state index contributed by atoms with van der Waals surface area (Å²) in [6, 6.07) is 14.9. The zero-order valence-corrected chi connectivity index (χ0v) is 16.7. The van der Waals surface area contributed by atoms with Crippen LogP contribution in [0.15, 0.2) is 48.5 Å². The van der Waals surface area contributed by atoms with Gasteiger partial charge in [-0.2, -0.15) is 0 Å². The number of methoxy groups -OCH3 is 1. The average molecular weight is 384 g/mol. The van der Waals surface area contributed by atoms with Crippen molar-refractivity contribution in [2.24, 2.45) is 5.92 Å². The van der Waals surface area contributed by atoms with Crippen LogP contribution >= 0.6 is 0 Å². The molecule has 3 rings (SSSR count). The molecule has 0 aromatic heterocycles. The molecule has 0 unspecified atom stereocenters. The van der Waals surface area contributed by atoms with Crippen LogP contribution < -0.4 is 4.74 Å². The van der Waals surface area contributed by atoms with Gasteiger partial charge in [0, 0.05) is 19.2 Å². The summed E-state index contributed by atoms with van der Waals surface area (Å²) >= 11 is 0. The van der Waals surface area contributed by atoms with Gasteiger partial charge < -0.3 is 9.64 Å². The maximum absolute atomic E-state index is 13.8. The van der Waals surface area contributed by atoms with E-state index in [-0.39, 0.29) is 11.7 Å². The second-order valence-corrected chi connectivity index (χ2v) is 7.61. The number of likely N-dealkylation sites (tertiary alicyclic amines) is 1. The molecule has 0 bridgehead atoms. The quantitative estimate of drug-likeness (QED) is 0.729. The second-order valence-electron chi connectivity index (χ2n) is 7.61. The summed E-state index contributed by atoms with van der Waals surface area (Å²) in [5.74, 6) is 1.31. The van der Waals surface area contributed by atoms with Gasteiger partial charge in [0.15, 0.2) is 0 Å². The van der Waals surface area contributed by atoms with Gasteiger partial charge in [-0.15, -0.1) is 0 Å². The maximum atomic E-state index is 13.8. The number of nitrogens with zero attached hydrogens (tertiary/aromatic N) is 2. The molecule has 0 spiro atoms. The highest BCUT2D eigenvalue weighted by Crippen LogP contribution is 2.23. The number of piperidine rings is 1. The number of benzene rings is 2. The Balaban J connectivity index is 1.43. The largest absolute Gasteiger partial charge is 0.497 e. The molecule has 1 aliphatic rings. The molecule has 0 aliphatic carbocycles. The molecule has 0 saturated carbocycles. The van der Waals surface area contributed by atoms with E-state index in [1.165, 1.54) is 11.6 Å². The molecule has 2 aromatic carbocycles. The Hall–Kier alpha value is -2.40. The Labute approximate surface area is 166 Å². The number of carbonyl (C=O) groups excluding carboxylic acids is 1. The van der Waals surface area contributed by atoms with E-state index >= 15 is 0 Å². The number of halogens is 1. The summed E-state index contributed by atoms with van der Waals surface area (Å²) in [5, 5.41) is 0. The Bertz CT molecular complexity index is 770. The second kappa shape index (κ2) is 9.69. The normalized spacial score (nSPS) is 15.4. The Morgan fingerprint density at radius 2 is 1.82 bits per heavy atom. The standard InChI is InChI=1S/C23H29FN2O2/c1-25(16-20-5-3-4-6-22(20)24)23(27)17-26-13-11-19(12-14-26)15-18-7-9-21(28-2)10-8-18/h3-10,19H,11-17H2,1-2H3. The summed E-state index contributed by atoms with van der Waals surface area (Å²) < 4.78 is 19.0. The highest BCUT2D eigenvalue weighted by molar-refractivity contribution is 5.78. The number of ether oxygens (including phenoxy) is 1. The van der Waals surface area contributed by atoms with Crippen molar-refractivity contribution in [1.29, 1.82) is 0 Å². The monoisotopic (exact) mass is 384 g/mol. The summed E-state index contributed by atoms with van der Waals surface area (Å²) in [6.45, 7) is 2.57. The minimum absolute atomic E-state index is 0.0388. The summed E-state index contributed by atoms with van der Waals surface area (Å²) in [6.07, 6.45) is 3.26. The molecule has 1 heterocycles. The first-order chi connectivity index (χ1) is 13.5. The fourth-order valence-electron chi connectivity index (χ4n) is 3.73. The van der Waals surface area contributed by atoms with Gasteiger partial charge in [0.25, 0.3) is 0 Å². The lowest BCUT2D eigenvalue weighted by atomic mass is 9.90. The van der Waals surface area contributed by atoms with E-state index < -0.39 is 0 Å². The lowest BCUT2D eigenvalue weighted by molar-refractivity contribution is -0.132. The van der Waals surface area contributed by atoms with Crippen LogP contribution in [0.5, 0.6) is 5.75 Å². The minimum atomic E-state index is -0.263. The molecular weight excluding hydrogens is 355 g/mol. The molecule has 1 amide bonds. The summed E-state index contributed by atoms with van der Waals surface area (Å²) in [5.41, 5.74) is 1.89. The Morgan fingerprint density at radius 3 is 2.46 bits per heavy atom. The van der Waals surface area contributed by atoms with Crippen molar-refractivity contribution in [3.8, 4) is 5.75 Å². The molecule has 28 heavy (non-hydrogen) atoms. The molecule has 1 aliphatic heterocycles. The van der Waals surface area contributed by atoms with Crippen LogP contribution in [0.1, 0.15) is 24.0 Å². The van der Waals surface area contributed by atoms with Crippen LogP contribution in [0.4, 0.5) is 4.39 Å². The van der Waals surface area contributed by atoms with Gasteiger partial charge in [0.2, 0.25) is 5.91 Å². The fraction of sp³-hybridized carbons (Fsp3) is 0.435. The van der Waals surface area contributed by atoms with Crippen molar-refractivity contribution in [2.45, 2.75) is 25.8 Å². The molecule has 4 nitrogen and oxygen atoms in total. The number of hydrogen-bond acceptors (Lipinski definition) is 3. The number of likely N-dealkylation sites (N-methyl/N-ethyl adjacent to an activating group) is 1. The number of carbonyl (C=O) groups is 1. The predicted molar refractivity (Wildman–Crippen MR) is 109 cm³/mol. The van der Waals surface area contributed by atoms with Crippen molar-refractivity contribution >= 4 is 5.91 Å². The van der Waals surface area contributed by atoms with Gasteiger partial charge in [0.05, 0.1) is 13.7 Å². The van der Waals surface area contributed by atoms with E-state index in [1.807, 2.05) is 12.1 Å². The van der Waals surface area contributed by atoms with Gasteiger partial charge in [-0.05, 0) is 62.0 Å². The van der Waals surface area contributed by atoms with Crippen molar-refractivity contribution in [3.63, 3.8) is 0 Å². The van der Waals surface area contributed by atoms with Gasteiger partial charge in [-0.3, -0.25) is 9.69 Å². The van der Waals surface area contributed by atoms with Crippen molar-refractivity contribution < 1.29 is 13.9 Å². The molecule has 150 valence electrons. The number of hydrogen-bond donors (Lipinski definition) is 0. The first-order valence-corrected chi connectivity index (χ1v) is 9.88. The van der Waals surface area contributed by atoms with Crippen molar-refractivity contribution in [3.05, 3.63) is 65.5 Å². The minimum Gasteiger partial charge on any atom is -0.497 e. The van der Waals surface area contributed by atoms with Gasteiger partial charge >= 0.3 is 0 Å². The predicted octanol–water partition coefficient (Wildman–Crippen LogP) is 3.75. The van der Waals surface area contributed by atoms with E-state index in [1.54, 1.807) is 37.3 Å². The summed E-state index contributed by atoms with van der Waals surface area (Å²) in [7, 11) is 3.42. The highest BCUT2D eigenvalue weighted by atomic mass is 19.1. The lowest BCUT2D eigenvalue weighted by Crippen LogP contribution is -2.42. The molecule has 0 radical (unpaired) electrons. The molecule has 1 fully saturated rings. The molecule has 0 N–H and O–H groups in total. The zero-order valence-electron chi connectivity index (χ0n) is 16.7. The number of amides is 1. The third-order valence-electron chi connectivity index (χ3n) is 5.54. The topological polar surface area (TPSA) is 32.8 Å². The number of rotatable bonds is 7. The Kier molecular flexibility index (Phi) is 7.04. The Morgan fingerprint density at radius 1 is 1.14 bits per heavy atom. The van der Waals surface area contributed by atoms with E-state index in [2.05, 4.69) is 17.0 Å². The highest BCUT2D eigenvalue weighted by Gasteiger charge is 2.22. The molecule has 5 heteroatoms. The lowest BCUT2D eigenvalue weighted by Gasteiger charge is -2.32. The van der Waals surface area contributed by atoms with Crippen molar-refractivity contribution in [1.82, 2.24) is 9.80 Å². The first kappa shape index (κ1) is 20.3. The van der Waals surface area contributed by atoms with E-state index in [0.29, 0.717) is 24.6 Å². The van der Waals surface area contributed by atoms with Gasteiger partial charge in [-0.25, -0.2) is 4.39 Å². The summed E-state index contributed by atoms with van der Waals surface area (Å²) in [4.78, 5) is 16.3. The van der Waals surface area contributed by atoms with Crippen molar-refractivity contribution in [2.75, 3.05) is 33.8 Å². The van der Waals surface area contributed by atoms with E-state index in [4.69, 9.17) is 4.74 Å². The van der Waals surface area contributed by atoms with Crippen LogP contribution in [0.25, 0.3) is 0 Å². The zero-order chi connectivity index (χ0) is 19.9. The molecule has 1 saturated heterocycles. The van der Waals surface area contributed by atoms with Gasteiger partial charge in [0.1, 0.15) is 11.6 Å². The molecule has 2 aromatic rings.